The zero-order valence-corrected chi connectivity index (χ0v) is 8.63. The molecule has 2 rings (SSSR count). The zero-order valence-electron chi connectivity index (χ0n) is 8.63. The van der Waals surface area contributed by atoms with Gasteiger partial charge in [0.25, 0.3) is 0 Å². The fourth-order valence-electron chi connectivity index (χ4n) is 1.67. The summed E-state index contributed by atoms with van der Waals surface area (Å²) in [7, 11) is 0. The number of aliphatic imine (C=N–C) groups is 1. The molecule has 0 saturated carbocycles. The Balaban J connectivity index is 2.22. The number of rotatable bonds is 2. The van der Waals surface area contributed by atoms with Gasteiger partial charge in [-0.25, -0.2) is 4.39 Å². The Bertz CT molecular complexity index is 376. The van der Waals surface area contributed by atoms with Crippen LogP contribution in [-0.2, 0) is 0 Å². The first-order valence-corrected chi connectivity index (χ1v) is 5.04. The smallest absolute Gasteiger partial charge is 0.196 e. The summed E-state index contributed by atoms with van der Waals surface area (Å²) in [5.74, 6) is 0.652. The number of nitrogens with one attached hydrogen (secondary N) is 2. The minimum absolute atomic E-state index is 0.199. The molecule has 0 bridgehead atoms. The fourth-order valence-corrected chi connectivity index (χ4v) is 1.67. The molecule has 0 fully saturated rings. The molecular weight excluding hydrogens is 193 g/mol. The van der Waals surface area contributed by atoms with Crippen molar-refractivity contribution >= 4 is 11.6 Å². The van der Waals surface area contributed by atoms with E-state index in [-0.39, 0.29) is 12.6 Å². The first kappa shape index (κ1) is 9.96. The molecule has 1 aromatic rings. The van der Waals surface area contributed by atoms with Crippen LogP contribution in [0.25, 0.3) is 0 Å². The highest BCUT2D eigenvalue weighted by molar-refractivity contribution is 5.96. The van der Waals surface area contributed by atoms with Crippen molar-refractivity contribution in [3.63, 3.8) is 0 Å². The van der Waals surface area contributed by atoms with Gasteiger partial charge in [0, 0.05) is 5.69 Å². The van der Waals surface area contributed by atoms with E-state index in [0.29, 0.717) is 5.96 Å². The molecule has 1 heterocycles. The normalized spacial score (nSPS) is 21.7. The molecule has 2 N–H and O–H groups in total. The van der Waals surface area contributed by atoms with E-state index in [1.807, 2.05) is 18.2 Å². The lowest BCUT2D eigenvalue weighted by atomic mass is 10.0. The van der Waals surface area contributed by atoms with Gasteiger partial charge in [0.2, 0.25) is 0 Å². The van der Waals surface area contributed by atoms with Crippen LogP contribution >= 0.6 is 0 Å². The number of benzene rings is 1. The predicted molar refractivity (Wildman–Crippen MR) is 59.9 cm³/mol. The van der Waals surface area contributed by atoms with Crippen molar-refractivity contribution in [3.05, 3.63) is 29.8 Å². The summed E-state index contributed by atoms with van der Waals surface area (Å²) in [4.78, 5) is 4.07. The van der Waals surface area contributed by atoms with Crippen molar-refractivity contribution in [1.29, 1.82) is 0 Å². The first-order chi connectivity index (χ1) is 7.31. The van der Waals surface area contributed by atoms with Gasteiger partial charge in [0.05, 0.1) is 12.6 Å². The Labute approximate surface area is 88.4 Å². The molecule has 0 saturated heterocycles. The largest absolute Gasteiger partial charge is 0.350 e. The van der Waals surface area contributed by atoms with E-state index >= 15 is 0 Å². The first-order valence-electron chi connectivity index (χ1n) is 5.04. The van der Waals surface area contributed by atoms with E-state index in [0.717, 1.165) is 5.69 Å². The summed E-state index contributed by atoms with van der Waals surface area (Å²) >= 11 is 0. The molecular formula is C11H14FN3. The molecule has 0 radical (unpaired) electrons. The second-order valence-corrected chi connectivity index (χ2v) is 3.50. The van der Waals surface area contributed by atoms with Crippen LogP contribution in [0.1, 0.15) is 18.5 Å². The van der Waals surface area contributed by atoms with Crippen molar-refractivity contribution in [2.75, 3.05) is 18.5 Å². The van der Waals surface area contributed by atoms with Crippen molar-refractivity contribution in [3.8, 4) is 0 Å². The van der Waals surface area contributed by atoms with Gasteiger partial charge >= 0.3 is 0 Å². The van der Waals surface area contributed by atoms with E-state index in [1.165, 1.54) is 5.56 Å². The van der Waals surface area contributed by atoms with Gasteiger partial charge in [0.1, 0.15) is 6.67 Å². The highest BCUT2D eigenvalue weighted by Crippen LogP contribution is 2.25. The van der Waals surface area contributed by atoms with E-state index in [4.69, 9.17) is 0 Å². The summed E-state index contributed by atoms with van der Waals surface area (Å²) < 4.78 is 12.0. The minimum atomic E-state index is -0.428. The molecule has 3 nitrogen and oxygen atoms in total. The van der Waals surface area contributed by atoms with Gasteiger partial charge in [-0.15, -0.1) is 0 Å². The number of guanidine groups is 1. The van der Waals surface area contributed by atoms with Crippen LogP contribution in [0.5, 0.6) is 0 Å². The lowest BCUT2D eigenvalue weighted by molar-refractivity contribution is 0.503. The van der Waals surface area contributed by atoms with Crippen molar-refractivity contribution in [2.24, 2.45) is 4.99 Å². The Morgan fingerprint density at radius 3 is 3.00 bits per heavy atom. The lowest BCUT2D eigenvalue weighted by Crippen LogP contribution is -2.38. The minimum Gasteiger partial charge on any atom is -0.350 e. The number of para-hydroxylation sites is 1. The van der Waals surface area contributed by atoms with Crippen LogP contribution in [0, 0.1) is 0 Å². The number of halogens is 1. The number of nitrogens with zero attached hydrogens (tertiary/aromatic N) is 1. The second kappa shape index (κ2) is 4.29. The maximum absolute atomic E-state index is 12.0. The van der Waals surface area contributed by atoms with E-state index in [1.54, 1.807) is 0 Å². The molecule has 1 aromatic carbocycles. The van der Waals surface area contributed by atoms with E-state index in [2.05, 4.69) is 28.6 Å². The van der Waals surface area contributed by atoms with Crippen molar-refractivity contribution < 1.29 is 4.39 Å². The number of fused-ring (bicyclic) bond motifs is 1. The standard InChI is InChI=1S/C11H14FN3/c1-8-9-4-2-3-5-10(9)15-11(14-8)13-7-6-12/h2-5,8H,6-7H2,1H3,(H2,13,14,15). The second-order valence-electron chi connectivity index (χ2n) is 3.50. The maximum Gasteiger partial charge on any atom is 0.196 e. The summed E-state index contributed by atoms with van der Waals surface area (Å²) in [5.41, 5.74) is 2.25. The molecule has 1 aliphatic heterocycles. The van der Waals surface area contributed by atoms with Crippen LogP contribution < -0.4 is 10.6 Å². The lowest BCUT2D eigenvalue weighted by Gasteiger charge is -2.27. The topological polar surface area (TPSA) is 36.4 Å². The average molecular weight is 207 g/mol. The number of hydrogen-bond acceptors (Lipinski definition) is 1. The van der Waals surface area contributed by atoms with Crippen LogP contribution in [-0.4, -0.2) is 19.2 Å². The molecule has 1 unspecified atom stereocenters. The summed E-state index contributed by atoms with van der Waals surface area (Å²) in [6.07, 6.45) is 0. The molecule has 80 valence electrons. The molecule has 0 spiro atoms. The van der Waals surface area contributed by atoms with Gasteiger partial charge in [-0.05, 0) is 18.6 Å². The van der Waals surface area contributed by atoms with E-state index in [9.17, 15) is 4.39 Å². The SMILES string of the molecule is CC1NC(=NCCF)Nc2ccccc21. The maximum atomic E-state index is 12.0. The van der Waals surface area contributed by atoms with Gasteiger partial charge in [0.15, 0.2) is 5.96 Å². The Morgan fingerprint density at radius 2 is 2.20 bits per heavy atom. The Hall–Kier alpha value is -1.58. The molecule has 1 aliphatic rings. The van der Waals surface area contributed by atoms with Crippen molar-refractivity contribution in [1.82, 2.24) is 5.32 Å². The Kier molecular flexibility index (Phi) is 2.85. The van der Waals surface area contributed by atoms with Crippen LogP contribution in [0.4, 0.5) is 10.1 Å². The summed E-state index contributed by atoms with van der Waals surface area (Å²) in [6.45, 7) is 1.83. The third-order valence-electron chi connectivity index (χ3n) is 2.39. The van der Waals surface area contributed by atoms with Crippen LogP contribution in [0.3, 0.4) is 0 Å². The average Bonchev–Trinajstić information content (AvgIpc) is 2.26. The quantitative estimate of drug-likeness (QED) is 0.779. The molecule has 0 aliphatic carbocycles. The third kappa shape index (κ3) is 2.09. The van der Waals surface area contributed by atoms with Crippen LogP contribution in [0.15, 0.2) is 29.3 Å². The van der Waals surface area contributed by atoms with Crippen molar-refractivity contribution in [2.45, 2.75) is 13.0 Å². The molecule has 0 aromatic heterocycles. The fraction of sp³-hybridized carbons (Fsp3) is 0.364. The monoisotopic (exact) mass is 207 g/mol. The Morgan fingerprint density at radius 1 is 1.40 bits per heavy atom. The summed E-state index contributed by atoms with van der Waals surface area (Å²) in [6, 6.07) is 8.24. The van der Waals surface area contributed by atoms with Gasteiger partial charge < -0.3 is 10.6 Å². The molecule has 0 amide bonds. The molecule has 15 heavy (non-hydrogen) atoms. The number of hydrogen-bond donors (Lipinski definition) is 2. The van der Waals surface area contributed by atoms with E-state index < -0.39 is 6.67 Å². The predicted octanol–water partition coefficient (Wildman–Crippen LogP) is 2.09. The number of anilines is 1. The van der Waals surface area contributed by atoms with Gasteiger partial charge in [-0.1, -0.05) is 18.2 Å². The third-order valence-corrected chi connectivity index (χ3v) is 2.39. The molecule has 1 atom stereocenters. The summed E-state index contributed by atoms with van der Waals surface area (Å²) in [5, 5.41) is 6.31. The molecule has 4 heteroatoms. The number of alkyl halides is 1. The van der Waals surface area contributed by atoms with Gasteiger partial charge in [-0.2, -0.15) is 0 Å². The highest BCUT2D eigenvalue weighted by atomic mass is 19.1. The van der Waals surface area contributed by atoms with Crippen LogP contribution in [0.2, 0.25) is 0 Å². The zero-order chi connectivity index (χ0) is 10.7. The highest BCUT2D eigenvalue weighted by Gasteiger charge is 2.17. The van der Waals surface area contributed by atoms with Gasteiger partial charge in [-0.3, -0.25) is 4.99 Å².